The molecule has 130 valence electrons. The predicted molar refractivity (Wildman–Crippen MR) is 76.8 cm³/mol. The predicted octanol–water partition coefficient (Wildman–Crippen LogP) is 2.18. The van der Waals surface area contributed by atoms with Crippen LogP contribution in [0.4, 0.5) is 17.6 Å². The van der Waals surface area contributed by atoms with E-state index in [-0.39, 0.29) is 43.6 Å². The van der Waals surface area contributed by atoms with E-state index < -0.39 is 38.2 Å². The molecule has 2 unspecified atom stereocenters. The Hall–Kier alpha value is -0.900. The number of sulfonamides is 1. The molecule has 0 saturated carbocycles. The topological polar surface area (TPSA) is 49.4 Å². The van der Waals surface area contributed by atoms with Crippen molar-refractivity contribution in [1.29, 1.82) is 0 Å². The number of rotatable bonds is 2. The second kappa shape index (κ2) is 6.54. The van der Waals surface area contributed by atoms with Gasteiger partial charge in [-0.15, -0.1) is 12.4 Å². The summed E-state index contributed by atoms with van der Waals surface area (Å²) in [6, 6.07) is -0.241. The van der Waals surface area contributed by atoms with Gasteiger partial charge in [-0.05, 0) is 12.8 Å². The Labute approximate surface area is 137 Å². The maximum atomic E-state index is 13.8. The maximum absolute atomic E-state index is 13.8. The van der Waals surface area contributed by atoms with E-state index in [1.807, 2.05) is 0 Å². The van der Waals surface area contributed by atoms with Crippen molar-refractivity contribution in [2.75, 3.05) is 13.1 Å². The van der Waals surface area contributed by atoms with Crippen molar-refractivity contribution in [2.24, 2.45) is 0 Å². The summed E-state index contributed by atoms with van der Waals surface area (Å²) in [5.74, 6) is -7.23. The highest BCUT2D eigenvalue weighted by Crippen LogP contribution is 2.29. The van der Waals surface area contributed by atoms with Gasteiger partial charge < -0.3 is 5.32 Å². The van der Waals surface area contributed by atoms with Crippen molar-refractivity contribution in [3.8, 4) is 0 Å². The Bertz CT molecular complexity index is 678. The summed E-state index contributed by atoms with van der Waals surface area (Å²) in [5, 5.41) is 3.22. The second-order valence-electron chi connectivity index (χ2n) is 5.61. The van der Waals surface area contributed by atoms with Gasteiger partial charge in [-0.3, -0.25) is 0 Å². The number of fused-ring (bicyclic) bond motifs is 2. The van der Waals surface area contributed by atoms with E-state index in [0.717, 1.165) is 23.6 Å². The molecule has 0 aromatic heterocycles. The molecule has 2 heterocycles. The third kappa shape index (κ3) is 3.19. The lowest BCUT2D eigenvalue weighted by Gasteiger charge is -2.41. The van der Waals surface area contributed by atoms with Gasteiger partial charge in [-0.25, -0.2) is 26.0 Å². The van der Waals surface area contributed by atoms with Gasteiger partial charge in [-0.1, -0.05) is 6.42 Å². The summed E-state index contributed by atoms with van der Waals surface area (Å²) in [6.45, 7) is 0.0473. The van der Waals surface area contributed by atoms with Crippen LogP contribution in [0, 0.1) is 23.3 Å². The summed E-state index contributed by atoms with van der Waals surface area (Å²) in [5.41, 5.74) is 0. The first-order chi connectivity index (χ1) is 10.3. The fourth-order valence-corrected chi connectivity index (χ4v) is 4.73. The molecule has 2 aliphatic heterocycles. The summed E-state index contributed by atoms with van der Waals surface area (Å²) < 4.78 is 79.9. The Morgan fingerprint density at radius 1 is 1.00 bits per heavy atom. The van der Waals surface area contributed by atoms with Crippen molar-refractivity contribution < 1.29 is 26.0 Å². The zero-order chi connectivity index (χ0) is 16.1. The molecule has 2 bridgehead atoms. The normalized spacial score (nSPS) is 25.0. The van der Waals surface area contributed by atoms with Gasteiger partial charge in [0.05, 0.1) is 0 Å². The fourth-order valence-electron chi connectivity index (χ4n) is 3.07. The number of halogens is 5. The molecule has 1 aromatic rings. The number of benzene rings is 1. The maximum Gasteiger partial charge on any atom is 0.249 e. The fraction of sp³-hybridized carbons (Fsp3) is 0.538. The van der Waals surface area contributed by atoms with Crippen LogP contribution in [0.3, 0.4) is 0 Å². The van der Waals surface area contributed by atoms with E-state index in [1.165, 1.54) is 0 Å². The summed E-state index contributed by atoms with van der Waals surface area (Å²) in [6.07, 6.45) is 2.42. The largest absolute Gasteiger partial charge is 0.309 e. The van der Waals surface area contributed by atoms with Crippen molar-refractivity contribution in [3.63, 3.8) is 0 Å². The van der Waals surface area contributed by atoms with E-state index >= 15 is 0 Å². The van der Waals surface area contributed by atoms with Gasteiger partial charge in [0, 0.05) is 31.2 Å². The average Bonchev–Trinajstić information content (AvgIpc) is 2.45. The molecule has 4 nitrogen and oxygen atoms in total. The SMILES string of the molecule is Cl.O=S(=O)(c1c(F)c(F)cc(F)c1F)N1CC2CCCC(C1)N2. The van der Waals surface area contributed by atoms with Crippen LogP contribution >= 0.6 is 12.4 Å². The van der Waals surface area contributed by atoms with Crippen LogP contribution in [-0.2, 0) is 10.0 Å². The van der Waals surface area contributed by atoms with Gasteiger partial charge in [-0.2, -0.15) is 4.31 Å². The number of hydrogen-bond donors (Lipinski definition) is 1. The third-order valence-electron chi connectivity index (χ3n) is 4.09. The zero-order valence-corrected chi connectivity index (χ0v) is 13.5. The van der Waals surface area contributed by atoms with Crippen LogP contribution in [0.25, 0.3) is 0 Å². The van der Waals surface area contributed by atoms with E-state index in [9.17, 15) is 26.0 Å². The van der Waals surface area contributed by atoms with Crippen molar-refractivity contribution in [2.45, 2.75) is 36.2 Å². The van der Waals surface area contributed by atoms with Crippen LogP contribution in [0.5, 0.6) is 0 Å². The smallest absolute Gasteiger partial charge is 0.249 e. The molecule has 1 N–H and O–H groups in total. The highest BCUT2D eigenvalue weighted by molar-refractivity contribution is 7.89. The molecular formula is C13H15ClF4N2O2S. The molecule has 2 aliphatic rings. The van der Waals surface area contributed by atoms with Gasteiger partial charge in [0.15, 0.2) is 28.2 Å². The number of nitrogens with zero attached hydrogens (tertiary/aromatic N) is 1. The molecule has 0 aliphatic carbocycles. The number of piperazine rings is 1. The molecule has 2 saturated heterocycles. The van der Waals surface area contributed by atoms with Crippen molar-refractivity contribution in [3.05, 3.63) is 29.3 Å². The lowest BCUT2D eigenvalue weighted by molar-refractivity contribution is 0.189. The van der Waals surface area contributed by atoms with E-state index in [1.54, 1.807) is 0 Å². The first-order valence-corrected chi connectivity index (χ1v) is 8.34. The minimum Gasteiger partial charge on any atom is -0.309 e. The van der Waals surface area contributed by atoms with Crippen LogP contribution in [0.1, 0.15) is 19.3 Å². The first kappa shape index (κ1) is 18.4. The standard InChI is InChI=1S/C13H14F4N2O2S.ClH/c14-9-4-10(15)12(17)13(11(9)16)22(20,21)19-5-7-2-1-3-8(6-19)18-7;/h4,7-8,18H,1-3,5-6H2;1H. The summed E-state index contributed by atoms with van der Waals surface area (Å²) in [7, 11) is -4.65. The quantitative estimate of drug-likeness (QED) is 0.637. The van der Waals surface area contributed by atoms with E-state index in [2.05, 4.69) is 5.32 Å². The number of hydrogen-bond acceptors (Lipinski definition) is 3. The molecule has 0 radical (unpaired) electrons. The molecule has 23 heavy (non-hydrogen) atoms. The molecule has 2 fully saturated rings. The lowest BCUT2D eigenvalue weighted by atomic mass is 9.96. The monoisotopic (exact) mass is 374 g/mol. The van der Waals surface area contributed by atoms with Gasteiger partial charge in [0.2, 0.25) is 10.0 Å². The van der Waals surface area contributed by atoms with Crippen LogP contribution in [0.15, 0.2) is 11.0 Å². The Balaban J connectivity index is 0.00000192. The molecule has 10 heteroatoms. The van der Waals surface area contributed by atoms with Crippen LogP contribution in [0.2, 0.25) is 0 Å². The zero-order valence-electron chi connectivity index (χ0n) is 11.9. The summed E-state index contributed by atoms with van der Waals surface area (Å²) in [4.78, 5) is -1.55. The molecule has 1 aromatic carbocycles. The highest BCUT2D eigenvalue weighted by atomic mass is 35.5. The molecule has 2 atom stereocenters. The van der Waals surface area contributed by atoms with Gasteiger partial charge in [0.25, 0.3) is 0 Å². The highest BCUT2D eigenvalue weighted by Gasteiger charge is 2.40. The molecule has 0 spiro atoms. The third-order valence-corrected chi connectivity index (χ3v) is 5.95. The Kier molecular flexibility index (Phi) is 5.24. The first-order valence-electron chi connectivity index (χ1n) is 6.90. The van der Waals surface area contributed by atoms with Crippen molar-refractivity contribution >= 4 is 22.4 Å². The van der Waals surface area contributed by atoms with Crippen LogP contribution < -0.4 is 5.32 Å². The Morgan fingerprint density at radius 2 is 1.48 bits per heavy atom. The number of piperidine rings is 1. The van der Waals surface area contributed by atoms with Gasteiger partial charge >= 0.3 is 0 Å². The van der Waals surface area contributed by atoms with E-state index in [4.69, 9.17) is 0 Å². The molecule has 0 amide bonds. The summed E-state index contributed by atoms with van der Waals surface area (Å²) >= 11 is 0. The minimum atomic E-state index is -4.65. The van der Waals surface area contributed by atoms with E-state index in [0.29, 0.717) is 0 Å². The minimum absolute atomic E-state index is 0. The molecule has 3 rings (SSSR count). The van der Waals surface area contributed by atoms with Crippen LogP contribution in [-0.4, -0.2) is 37.9 Å². The van der Waals surface area contributed by atoms with Gasteiger partial charge in [0.1, 0.15) is 0 Å². The Morgan fingerprint density at radius 3 is 1.96 bits per heavy atom. The van der Waals surface area contributed by atoms with Crippen molar-refractivity contribution in [1.82, 2.24) is 9.62 Å². The molecular weight excluding hydrogens is 360 g/mol. The second-order valence-corrected chi connectivity index (χ2v) is 7.49. The average molecular weight is 375 g/mol. The number of nitrogens with one attached hydrogen (secondary N) is 1. The lowest BCUT2D eigenvalue weighted by Crippen LogP contribution is -2.59.